The van der Waals surface area contributed by atoms with Crippen LogP contribution >= 0.6 is 11.3 Å². The molecule has 6 heteroatoms. The Balaban J connectivity index is 1.53. The van der Waals surface area contributed by atoms with Crippen molar-refractivity contribution in [2.75, 3.05) is 0 Å². The van der Waals surface area contributed by atoms with Crippen molar-refractivity contribution < 1.29 is 9.21 Å². The maximum atomic E-state index is 13.0. The van der Waals surface area contributed by atoms with E-state index in [1.165, 1.54) is 30.6 Å². The monoisotopic (exact) mass is 487 g/mol. The molecule has 0 aliphatic heterocycles. The van der Waals surface area contributed by atoms with Gasteiger partial charge in [0.05, 0.1) is 5.56 Å². The van der Waals surface area contributed by atoms with Gasteiger partial charge >= 0.3 is 0 Å². The highest BCUT2D eigenvalue weighted by Gasteiger charge is 2.17. The first-order valence-electron chi connectivity index (χ1n) is 12.4. The van der Waals surface area contributed by atoms with Crippen LogP contribution in [0.4, 0.5) is 0 Å². The molecule has 182 valence electrons. The summed E-state index contributed by atoms with van der Waals surface area (Å²) in [4.78, 5) is 22.1. The molecule has 2 aromatic heterocycles. The van der Waals surface area contributed by atoms with Crippen molar-refractivity contribution in [3.63, 3.8) is 0 Å². The fourth-order valence-corrected chi connectivity index (χ4v) is 4.59. The molecule has 0 bridgehead atoms. The fraction of sp³-hybridized carbons (Fsp3) is 0.345. The molecule has 2 atom stereocenters. The first kappa shape index (κ1) is 24.9. The number of carbonyl (C=O) groups excluding carboxylic acids is 1. The van der Waals surface area contributed by atoms with Gasteiger partial charge in [-0.3, -0.25) is 4.79 Å². The summed E-state index contributed by atoms with van der Waals surface area (Å²) in [6.45, 7) is 7.32. The van der Waals surface area contributed by atoms with Gasteiger partial charge in [0.2, 0.25) is 5.89 Å². The van der Waals surface area contributed by atoms with Crippen molar-refractivity contribution in [1.82, 2.24) is 15.3 Å². The van der Waals surface area contributed by atoms with Gasteiger partial charge in [-0.2, -0.15) is 0 Å². The van der Waals surface area contributed by atoms with Gasteiger partial charge in [-0.05, 0) is 42.0 Å². The molecule has 2 heterocycles. The lowest BCUT2D eigenvalue weighted by Crippen LogP contribution is -2.22. The third-order valence-corrected chi connectivity index (χ3v) is 7.18. The average molecular weight is 488 g/mol. The summed E-state index contributed by atoms with van der Waals surface area (Å²) >= 11 is 1.51. The maximum absolute atomic E-state index is 13.0. The third kappa shape index (κ3) is 6.67. The molecule has 0 saturated heterocycles. The minimum Gasteiger partial charge on any atom is -0.436 e. The molecule has 0 aliphatic carbocycles. The normalized spacial score (nSPS) is 13.3. The van der Waals surface area contributed by atoms with Crippen molar-refractivity contribution in [2.45, 2.75) is 53.0 Å². The van der Waals surface area contributed by atoms with E-state index in [9.17, 15) is 4.79 Å². The van der Waals surface area contributed by atoms with E-state index in [1.807, 2.05) is 47.9 Å². The molecule has 0 radical (unpaired) electrons. The van der Waals surface area contributed by atoms with Gasteiger partial charge in [-0.25, -0.2) is 9.97 Å². The van der Waals surface area contributed by atoms with Gasteiger partial charge in [-0.1, -0.05) is 76.4 Å². The molecule has 0 aliphatic rings. The van der Waals surface area contributed by atoms with Crippen molar-refractivity contribution in [1.29, 1.82) is 0 Å². The second kappa shape index (κ2) is 11.9. The second-order valence-electron chi connectivity index (χ2n) is 9.26. The Morgan fingerprint density at radius 1 is 1.14 bits per heavy atom. The predicted molar refractivity (Wildman–Crippen MR) is 144 cm³/mol. The van der Waals surface area contributed by atoms with Crippen LogP contribution in [0.3, 0.4) is 0 Å². The van der Waals surface area contributed by atoms with E-state index in [0.29, 0.717) is 35.0 Å². The van der Waals surface area contributed by atoms with Crippen LogP contribution in [0.1, 0.15) is 68.3 Å². The molecule has 35 heavy (non-hydrogen) atoms. The Morgan fingerprint density at radius 2 is 1.94 bits per heavy atom. The number of hydrogen-bond acceptors (Lipinski definition) is 5. The zero-order chi connectivity index (χ0) is 24.6. The number of nitrogens with one attached hydrogen (secondary N) is 1. The Kier molecular flexibility index (Phi) is 8.48. The van der Waals surface area contributed by atoms with Crippen molar-refractivity contribution in [3.05, 3.63) is 77.1 Å². The molecule has 4 rings (SSSR count). The van der Waals surface area contributed by atoms with E-state index in [0.717, 1.165) is 28.5 Å². The average Bonchev–Trinajstić information content (AvgIpc) is 3.56. The van der Waals surface area contributed by atoms with E-state index in [1.54, 1.807) is 12.3 Å². The van der Waals surface area contributed by atoms with Crippen LogP contribution < -0.4 is 5.32 Å². The van der Waals surface area contributed by atoms with Crippen LogP contribution in [-0.4, -0.2) is 15.9 Å². The van der Waals surface area contributed by atoms with Gasteiger partial charge < -0.3 is 9.73 Å². The van der Waals surface area contributed by atoms with Crippen molar-refractivity contribution >= 4 is 34.4 Å². The molecular weight excluding hydrogens is 454 g/mol. The molecular formula is C29H33N3O2S. The summed E-state index contributed by atoms with van der Waals surface area (Å²) in [5, 5.41) is 5.72. The molecule has 2 unspecified atom stereocenters. The smallest absolute Gasteiger partial charge is 0.251 e. The van der Waals surface area contributed by atoms with E-state index < -0.39 is 0 Å². The van der Waals surface area contributed by atoms with Gasteiger partial charge in [0.1, 0.15) is 10.5 Å². The number of amides is 1. The number of fused-ring (bicyclic) bond motifs is 1. The maximum Gasteiger partial charge on any atom is 0.251 e. The summed E-state index contributed by atoms with van der Waals surface area (Å²) in [7, 11) is 0. The summed E-state index contributed by atoms with van der Waals surface area (Å²) in [5.41, 5.74) is 3.70. The standard InChI is InChI=1S/C29H33N3O2S/c1-4-20(2)13-14-21(3)9-8-12-26-32-25-18-23(28(33)31-19-22-10-6-5-7-11-22)17-24(27(25)34-26)29-30-15-16-35-29/h5-8,10-12,15-18,20-21H,4,9,13-14,19H2,1-3H3,(H,31,33)/b12-8+. The first-order valence-corrected chi connectivity index (χ1v) is 13.2. The lowest BCUT2D eigenvalue weighted by atomic mass is 9.94. The van der Waals surface area contributed by atoms with Crippen LogP contribution in [0.15, 0.2) is 64.5 Å². The number of aromatic nitrogens is 2. The topological polar surface area (TPSA) is 68.0 Å². The molecule has 1 N–H and O–H groups in total. The molecule has 1 amide bonds. The van der Waals surface area contributed by atoms with E-state index in [2.05, 4.69) is 42.1 Å². The lowest BCUT2D eigenvalue weighted by Gasteiger charge is -2.12. The lowest BCUT2D eigenvalue weighted by molar-refractivity contribution is 0.0951. The second-order valence-corrected chi connectivity index (χ2v) is 10.2. The largest absolute Gasteiger partial charge is 0.436 e. The Hall–Kier alpha value is -3.25. The van der Waals surface area contributed by atoms with Crippen molar-refractivity contribution in [3.8, 4) is 10.6 Å². The summed E-state index contributed by atoms with van der Waals surface area (Å²) in [6, 6.07) is 13.5. The van der Waals surface area contributed by atoms with Gasteiger partial charge in [0.15, 0.2) is 5.58 Å². The number of hydrogen-bond donors (Lipinski definition) is 1. The summed E-state index contributed by atoms with van der Waals surface area (Å²) < 4.78 is 6.12. The first-order chi connectivity index (χ1) is 17.0. The predicted octanol–water partition coefficient (Wildman–Crippen LogP) is 7.75. The molecule has 2 aromatic carbocycles. The van der Waals surface area contributed by atoms with Crippen LogP contribution in [0.25, 0.3) is 27.7 Å². The van der Waals surface area contributed by atoms with Gasteiger partial charge in [0.25, 0.3) is 5.91 Å². The minimum absolute atomic E-state index is 0.149. The summed E-state index contributed by atoms with van der Waals surface area (Å²) in [5.74, 6) is 1.80. The van der Waals surface area contributed by atoms with Crippen LogP contribution in [0.5, 0.6) is 0 Å². The number of carbonyl (C=O) groups is 1. The molecule has 4 aromatic rings. The third-order valence-electron chi connectivity index (χ3n) is 6.38. The molecule has 0 spiro atoms. The Bertz CT molecular complexity index is 1260. The number of benzene rings is 2. The number of oxazole rings is 1. The SMILES string of the molecule is CCC(C)CCC(C)C/C=C/c1nc2cc(C(=O)NCc3ccccc3)cc(-c3nccs3)c2o1. The molecule has 0 saturated carbocycles. The highest BCUT2D eigenvalue weighted by molar-refractivity contribution is 7.13. The van der Waals surface area contributed by atoms with Crippen molar-refractivity contribution in [2.24, 2.45) is 11.8 Å². The highest BCUT2D eigenvalue weighted by atomic mass is 32.1. The Labute approximate surface area is 211 Å². The highest BCUT2D eigenvalue weighted by Crippen LogP contribution is 2.32. The number of rotatable bonds is 11. The van der Waals surface area contributed by atoms with Crippen LogP contribution in [0, 0.1) is 11.8 Å². The van der Waals surface area contributed by atoms with E-state index >= 15 is 0 Å². The quantitative estimate of drug-likeness (QED) is 0.235. The summed E-state index contributed by atoms with van der Waals surface area (Å²) in [6.07, 6.45) is 10.6. The zero-order valence-corrected chi connectivity index (χ0v) is 21.5. The minimum atomic E-state index is -0.149. The number of nitrogens with zero attached hydrogens (tertiary/aromatic N) is 2. The van der Waals surface area contributed by atoms with E-state index in [-0.39, 0.29) is 5.91 Å². The van der Waals surface area contributed by atoms with Crippen LogP contribution in [0.2, 0.25) is 0 Å². The molecule has 5 nitrogen and oxygen atoms in total. The Morgan fingerprint density at radius 3 is 2.69 bits per heavy atom. The van der Waals surface area contributed by atoms with E-state index in [4.69, 9.17) is 4.42 Å². The number of thiazole rings is 1. The molecule has 0 fully saturated rings. The van der Waals surface area contributed by atoms with Crippen LogP contribution in [-0.2, 0) is 6.54 Å². The zero-order valence-electron chi connectivity index (χ0n) is 20.7. The van der Waals surface area contributed by atoms with Gasteiger partial charge in [-0.15, -0.1) is 11.3 Å². The van der Waals surface area contributed by atoms with Gasteiger partial charge in [0, 0.05) is 23.7 Å². The number of allylic oxidation sites excluding steroid dienone is 1. The fourth-order valence-electron chi connectivity index (χ4n) is 3.94.